The Kier molecular flexibility index (Phi) is 8.88. The molecule has 3 aromatic rings. The molecule has 0 radical (unpaired) electrons. The molecule has 3 aromatic carbocycles. The van der Waals surface area contributed by atoms with Gasteiger partial charge in [0.1, 0.15) is 5.75 Å². The van der Waals surface area contributed by atoms with Crippen molar-refractivity contribution in [3.8, 4) is 5.75 Å². The number of hydrogen-bond acceptors (Lipinski definition) is 4. The quantitative estimate of drug-likeness (QED) is 0.402. The summed E-state index contributed by atoms with van der Waals surface area (Å²) in [6.45, 7) is 3.93. The van der Waals surface area contributed by atoms with Gasteiger partial charge in [-0.1, -0.05) is 72.3 Å². The van der Waals surface area contributed by atoms with Crippen molar-refractivity contribution in [1.29, 1.82) is 0 Å². The van der Waals surface area contributed by atoms with E-state index in [9.17, 15) is 9.59 Å². The molecule has 5 rings (SSSR count). The Morgan fingerprint density at radius 2 is 1.73 bits per heavy atom. The van der Waals surface area contributed by atoms with Crippen molar-refractivity contribution in [3.05, 3.63) is 106 Å². The van der Waals surface area contributed by atoms with Gasteiger partial charge >= 0.3 is 0 Å². The Morgan fingerprint density at radius 3 is 2.45 bits per heavy atom. The van der Waals surface area contributed by atoms with Gasteiger partial charge in [-0.25, -0.2) is 0 Å². The molecular weight excluding hydrogens is 522 g/mol. The molecule has 2 heterocycles. The van der Waals surface area contributed by atoms with Crippen LogP contribution < -0.4 is 10.1 Å². The summed E-state index contributed by atoms with van der Waals surface area (Å²) < 4.78 is 5.86. The van der Waals surface area contributed by atoms with E-state index in [0.717, 1.165) is 40.9 Å². The van der Waals surface area contributed by atoms with Crippen LogP contribution in [0, 0.1) is 0 Å². The van der Waals surface area contributed by atoms with E-state index in [0.29, 0.717) is 37.7 Å². The number of carbonyl (C=O) groups is 2. The number of fused-ring (bicyclic) bond motifs is 2. The van der Waals surface area contributed by atoms with Crippen molar-refractivity contribution in [2.45, 2.75) is 38.3 Å². The number of carbonyl (C=O) groups excluding carboxylic acids is 2. The average molecular weight is 558 g/mol. The predicted octanol–water partition coefficient (Wildman–Crippen LogP) is 5.01. The topological polar surface area (TPSA) is 61.9 Å². The van der Waals surface area contributed by atoms with Crippen molar-refractivity contribution in [1.82, 2.24) is 15.1 Å². The van der Waals surface area contributed by atoms with Gasteiger partial charge in [0.05, 0.1) is 12.6 Å². The van der Waals surface area contributed by atoms with E-state index in [1.807, 2.05) is 59.3 Å². The van der Waals surface area contributed by atoms with Gasteiger partial charge in [0.15, 0.2) is 0 Å². The number of rotatable bonds is 9. The zero-order chi connectivity index (χ0) is 28.1. The van der Waals surface area contributed by atoms with Crippen LogP contribution in [0.3, 0.4) is 0 Å². The first kappa shape index (κ1) is 27.9. The Bertz CT molecular complexity index is 1370. The van der Waals surface area contributed by atoms with Crippen molar-refractivity contribution in [2.75, 3.05) is 33.3 Å². The van der Waals surface area contributed by atoms with Crippen LogP contribution in [0.15, 0.2) is 84.4 Å². The zero-order valence-corrected chi connectivity index (χ0v) is 23.9. The normalized spacial score (nSPS) is 18.4. The molecule has 1 saturated heterocycles. The highest BCUT2D eigenvalue weighted by Gasteiger charge is 2.39. The third-order valence-electron chi connectivity index (χ3n) is 7.76. The molecule has 40 heavy (non-hydrogen) atoms. The van der Waals surface area contributed by atoms with E-state index in [-0.39, 0.29) is 23.9 Å². The van der Waals surface area contributed by atoms with Gasteiger partial charge < -0.3 is 19.9 Å². The van der Waals surface area contributed by atoms with Crippen LogP contribution in [0.2, 0.25) is 5.02 Å². The number of nitrogens with zero attached hydrogens (tertiary/aromatic N) is 2. The first-order valence-corrected chi connectivity index (χ1v) is 14.3. The zero-order valence-electron chi connectivity index (χ0n) is 23.1. The summed E-state index contributed by atoms with van der Waals surface area (Å²) in [5.41, 5.74) is 5.28. The highest BCUT2D eigenvalue weighted by atomic mass is 35.5. The van der Waals surface area contributed by atoms with Gasteiger partial charge in [-0.2, -0.15) is 0 Å². The molecule has 6 nitrogen and oxygen atoms in total. The summed E-state index contributed by atoms with van der Waals surface area (Å²) in [5.74, 6) is 0.828. The van der Waals surface area contributed by atoms with Crippen LogP contribution in [0.5, 0.6) is 5.75 Å². The largest absolute Gasteiger partial charge is 0.493 e. The van der Waals surface area contributed by atoms with E-state index in [1.165, 1.54) is 5.56 Å². The van der Waals surface area contributed by atoms with E-state index in [4.69, 9.17) is 16.3 Å². The minimum Gasteiger partial charge on any atom is -0.493 e. The second-order valence-corrected chi connectivity index (χ2v) is 11.1. The SMILES string of the molecule is CC(=O)N1CC2CC(c3ccc(CCOc4cccc(Cl)c4)cc3)=C(C(=O)N(C)CCc3ccccc3)C(C1)N2. The fourth-order valence-corrected chi connectivity index (χ4v) is 5.77. The van der Waals surface area contributed by atoms with Crippen LogP contribution in [0.4, 0.5) is 0 Å². The number of hydrogen-bond donors (Lipinski definition) is 1. The predicted molar refractivity (Wildman–Crippen MR) is 159 cm³/mol. The third-order valence-corrected chi connectivity index (χ3v) is 8.00. The lowest BCUT2D eigenvalue weighted by atomic mass is 9.82. The lowest BCUT2D eigenvalue weighted by molar-refractivity contribution is -0.132. The first-order valence-electron chi connectivity index (χ1n) is 13.9. The maximum Gasteiger partial charge on any atom is 0.251 e. The molecule has 0 spiro atoms. The Labute approximate surface area is 241 Å². The smallest absolute Gasteiger partial charge is 0.251 e. The number of amides is 2. The monoisotopic (exact) mass is 557 g/mol. The molecule has 2 amide bonds. The summed E-state index contributed by atoms with van der Waals surface area (Å²) in [6, 6.07) is 26.0. The van der Waals surface area contributed by atoms with Crippen LogP contribution >= 0.6 is 11.6 Å². The van der Waals surface area contributed by atoms with Crippen molar-refractivity contribution in [2.24, 2.45) is 0 Å². The van der Waals surface area contributed by atoms with E-state index in [1.54, 1.807) is 6.92 Å². The van der Waals surface area contributed by atoms with Gasteiger partial charge in [0, 0.05) is 56.7 Å². The summed E-state index contributed by atoms with van der Waals surface area (Å²) >= 11 is 6.05. The standard InChI is InChI=1S/C33H36ClN3O3/c1-23(38)37-21-28-20-30(26-13-11-25(12-14-26)16-18-40-29-10-6-9-27(34)19-29)32(31(22-37)35-28)33(39)36(2)17-15-24-7-4-3-5-8-24/h3-14,19,28,31,35H,15-18,20-22H2,1-2H3. The maximum atomic E-state index is 13.9. The maximum absolute atomic E-state index is 13.9. The lowest BCUT2D eigenvalue weighted by Gasteiger charge is -2.44. The molecule has 2 unspecified atom stereocenters. The van der Waals surface area contributed by atoms with Gasteiger partial charge in [-0.15, -0.1) is 0 Å². The Balaban J connectivity index is 1.34. The molecule has 0 aromatic heterocycles. The summed E-state index contributed by atoms with van der Waals surface area (Å²) in [6.07, 6.45) is 2.25. The van der Waals surface area contributed by atoms with Gasteiger partial charge in [-0.3, -0.25) is 9.59 Å². The van der Waals surface area contributed by atoms with Crippen LogP contribution in [0.1, 0.15) is 30.0 Å². The second kappa shape index (κ2) is 12.7. The molecule has 2 bridgehead atoms. The van der Waals surface area contributed by atoms with E-state index >= 15 is 0 Å². The summed E-state index contributed by atoms with van der Waals surface area (Å²) in [7, 11) is 1.87. The molecule has 7 heteroatoms. The van der Waals surface area contributed by atoms with E-state index < -0.39 is 0 Å². The number of benzene rings is 3. The van der Waals surface area contributed by atoms with Gasteiger partial charge in [0.2, 0.25) is 5.91 Å². The molecule has 1 fully saturated rings. The van der Waals surface area contributed by atoms with Crippen LogP contribution in [0.25, 0.3) is 5.57 Å². The van der Waals surface area contributed by atoms with Crippen LogP contribution in [-0.4, -0.2) is 67.0 Å². The van der Waals surface area contributed by atoms with Gasteiger partial charge in [-0.05, 0) is 53.3 Å². The third kappa shape index (κ3) is 6.75. The fraction of sp³-hybridized carbons (Fsp3) is 0.333. The molecule has 2 aliphatic rings. The molecule has 0 saturated carbocycles. The van der Waals surface area contributed by atoms with E-state index in [2.05, 4.69) is 41.7 Å². The Hall–Kier alpha value is -3.61. The highest BCUT2D eigenvalue weighted by molar-refractivity contribution is 6.30. The number of nitrogens with one attached hydrogen (secondary N) is 1. The van der Waals surface area contributed by atoms with Crippen LogP contribution in [-0.2, 0) is 22.4 Å². The minimum atomic E-state index is -0.191. The summed E-state index contributed by atoms with van der Waals surface area (Å²) in [4.78, 5) is 29.9. The second-order valence-electron chi connectivity index (χ2n) is 10.7. The number of halogens is 1. The molecule has 208 valence electrons. The number of piperazine rings is 1. The minimum absolute atomic E-state index is 0.0197. The van der Waals surface area contributed by atoms with Crippen molar-refractivity contribution < 1.29 is 14.3 Å². The van der Waals surface area contributed by atoms with Gasteiger partial charge in [0.25, 0.3) is 5.91 Å². The highest BCUT2D eigenvalue weighted by Crippen LogP contribution is 2.34. The fourth-order valence-electron chi connectivity index (χ4n) is 5.59. The molecular formula is C33H36ClN3O3. The Morgan fingerprint density at radius 1 is 0.975 bits per heavy atom. The first-order chi connectivity index (χ1) is 19.4. The summed E-state index contributed by atoms with van der Waals surface area (Å²) in [5, 5.41) is 4.29. The average Bonchev–Trinajstić information content (AvgIpc) is 2.96. The number of likely N-dealkylation sites (N-methyl/N-ethyl adjacent to an activating group) is 1. The molecule has 0 aliphatic carbocycles. The molecule has 2 atom stereocenters. The van der Waals surface area contributed by atoms with Crippen molar-refractivity contribution in [3.63, 3.8) is 0 Å². The molecule has 1 N–H and O–H groups in total. The van der Waals surface area contributed by atoms with Crippen molar-refractivity contribution >= 4 is 29.0 Å². The lowest BCUT2D eigenvalue weighted by Crippen LogP contribution is -2.61. The number of ether oxygens (including phenoxy) is 1. The molecule has 2 aliphatic heterocycles.